The molecule has 0 aliphatic heterocycles. The fourth-order valence-corrected chi connectivity index (χ4v) is 7.50. The summed E-state index contributed by atoms with van der Waals surface area (Å²) in [4.78, 5) is 13.1. The zero-order chi connectivity index (χ0) is 20.9. The standard InChI is InChI=1S/C23H25ClN2O3S/c24-20-11-18(6-7-21(20)26-30(28,29)19-4-2-1-3-5-19)22(27)25-23-12-15-8-16(13-23)10-17(9-15)14-23/h1-7,11,15-17,26H,8-10,12-14H2,(H,25,27). The van der Waals surface area contributed by atoms with Crippen LogP contribution in [-0.2, 0) is 10.0 Å². The van der Waals surface area contributed by atoms with E-state index in [1.165, 1.54) is 31.4 Å². The van der Waals surface area contributed by atoms with Crippen LogP contribution in [0.5, 0.6) is 0 Å². The first-order valence-electron chi connectivity index (χ1n) is 10.5. The van der Waals surface area contributed by atoms with Crippen molar-refractivity contribution in [2.75, 3.05) is 4.72 Å². The van der Waals surface area contributed by atoms with Crippen molar-refractivity contribution in [2.24, 2.45) is 17.8 Å². The fourth-order valence-electron chi connectivity index (χ4n) is 6.12. The molecule has 6 rings (SSSR count). The van der Waals surface area contributed by atoms with Gasteiger partial charge in [-0.05, 0) is 86.6 Å². The Bertz CT molecular complexity index is 1050. The molecule has 0 aromatic heterocycles. The number of amides is 1. The summed E-state index contributed by atoms with van der Waals surface area (Å²) in [5.74, 6) is 2.11. The van der Waals surface area contributed by atoms with Crippen LogP contribution in [0.3, 0.4) is 0 Å². The van der Waals surface area contributed by atoms with Gasteiger partial charge < -0.3 is 5.32 Å². The molecule has 4 fully saturated rings. The number of rotatable bonds is 5. The monoisotopic (exact) mass is 444 g/mol. The summed E-state index contributed by atoms with van der Waals surface area (Å²) >= 11 is 6.34. The average molecular weight is 445 g/mol. The lowest BCUT2D eigenvalue weighted by Gasteiger charge is -2.56. The molecule has 30 heavy (non-hydrogen) atoms. The molecule has 2 aromatic carbocycles. The van der Waals surface area contributed by atoms with Gasteiger partial charge >= 0.3 is 0 Å². The predicted molar refractivity (Wildman–Crippen MR) is 117 cm³/mol. The second-order valence-electron chi connectivity index (χ2n) is 9.27. The molecule has 4 bridgehead atoms. The second kappa shape index (κ2) is 7.27. The van der Waals surface area contributed by atoms with Crippen LogP contribution in [0.2, 0.25) is 5.02 Å². The van der Waals surface area contributed by atoms with Crippen molar-refractivity contribution < 1.29 is 13.2 Å². The Kier molecular flexibility index (Phi) is 4.82. The quantitative estimate of drug-likeness (QED) is 0.692. The van der Waals surface area contributed by atoms with Gasteiger partial charge in [-0.25, -0.2) is 8.42 Å². The van der Waals surface area contributed by atoms with Crippen molar-refractivity contribution in [2.45, 2.75) is 49.0 Å². The minimum Gasteiger partial charge on any atom is -0.347 e. The van der Waals surface area contributed by atoms with Crippen molar-refractivity contribution in [1.82, 2.24) is 5.32 Å². The first-order valence-corrected chi connectivity index (χ1v) is 12.4. The summed E-state index contributed by atoms with van der Waals surface area (Å²) in [5, 5.41) is 3.53. The van der Waals surface area contributed by atoms with Gasteiger partial charge in [0.15, 0.2) is 0 Å². The number of nitrogens with one attached hydrogen (secondary N) is 2. The van der Waals surface area contributed by atoms with Crippen molar-refractivity contribution in [3.63, 3.8) is 0 Å². The molecular formula is C23H25ClN2O3S. The Balaban J connectivity index is 1.32. The van der Waals surface area contributed by atoms with Gasteiger partial charge in [0.1, 0.15) is 0 Å². The number of carbonyl (C=O) groups excluding carboxylic acids is 1. The van der Waals surface area contributed by atoms with Crippen LogP contribution in [0.15, 0.2) is 53.4 Å². The average Bonchev–Trinajstić information content (AvgIpc) is 2.68. The van der Waals surface area contributed by atoms with Crippen molar-refractivity contribution >= 4 is 33.2 Å². The molecular weight excluding hydrogens is 420 g/mol. The van der Waals surface area contributed by atoms with E-state index in [0.717, 1.165) is 37.0 Å². The summed E-state index contributed by atoms with van der Waals surface area (Å²) in [7, 11) is -3.74. The van der Waals surface area contributed by atoms with Gasteiger partial charge in [0, 0.05) is 11.1 Å². The second-order valence-corrected chi connectivity index (χ2v) is 11.4. The highest BCUT2D eigenvalue weighted by Gasteiger charge is 2.51. The third-order valence-corrected chi connectivity index (χ3v) is 8.64. The molecule has 7 heteroatoms. The van der Waals surface area contributed by atoms with Crippen LogP contribution in [0.25, 0.3) is 0 Å². The first kappa shape index (κ1) is 19.9. The molecule has 2 aromatic rings. The third kappa shape index (κ3) is 3.71. The Hall–Kier alpha value is -2.05. The van der Waals surface area contributed by atoms with Crippen LogP contribution in [0.4, 0.5) is 5.69 Å². The largest absolute Gasteiger partial charge is 0.347 e. The van der Waals surface area contributed by atoms with Crippen LogP contribution in [0, 0.1) is 17.8 Å². The molecule has 0 atom stereocenters. The van der Waals surface area contributed by atoms with Gasteiger partial charge in [0.25, 0.3) is 15.9 Å². The van der Waals surface area contributed by atoms with Crippen molar-refractivity contribution in [1.29, 1.82) is 0 Å². The van der Waals surface area contributed by atoms with E-state index in [1.54, 1.807) is 36.4 Å². The van der Waals surface area contributed by atoms with Gasteiger partial charge in [0.05, 0.1) is 15.6 Å². The van der Waals surface area contributed by atoms with E-state index in [0.29, 0.717) is 5.56 Å². The van der Waals surface area contributed by atoms with Crippen molar-refractivity contribution in [3.8, 4) is 0 Å². The number of benzene rings is 2. The Morgan fingerprint density at radius 3 is 2.10 bits per heavy atom. The van der Waals surface area contributed by atoms with E-state index in [2.05, 4.69) is 10.0 Å². The molecule has 158 valence electrons. The van der Waals surface area contributed by atoms with E-state index < -0.39 is 10.0 Å². The number of sulfonamides is 1. The van der Waals surface area contributed by atoms with Gasteiger partial charge in [-0.1, -0.05) is 29.8 Å². The molecule has 2 N–H and O–H groups in total. The maximum absolute atomic E-state index is 13.0. The highest BCUT2D eigenvalue weighted by atomic mass is 35.5. The van der Waals surface area contributed by atoms with Crippen LogP contribution in [0.1, 0.15) is 48.9 Å². The minimum atomic E-state index is -3.74. The highest BCUT2D eigenvalue weighted by molar-refractivity contribution is 7.92. The van der Waals surface area contributed by atoms with E-state index in [9.17, 15) is 13.2 Å². The molecule has 0 radical (unpaired) electrons. The van der Waals surface area contributed by atoms with E-state index >= 15 is 0 Å². The van der Waals surface area contributed by atoms with Gasteiger partial charge in [-0.2, -0.15) is 0 Å². The summed E-state index contributed by atoms with van der Waals surface area (Å²) < 4.78 is 27.6. The molecule has 0 spiro atoms. The predicted octanol–water partition coefficient (Wildman–Crippen LogP) is 4.84. The molecule has 4 saturated carbocycles. The number of hydrogen-bond donors (Lipinski definition) is 2. The molecule has 4 aliphatic carbocycles. The number of carbonyl (C=O) groups is 1. The normalized spacial score (nSPS) is 29.6. The van der Waals surface area contributed by atoms with Crippen LogP contribution in [-0.4, -0.2) is 19.9 Å². The zero-order valence-electron chi connectivity index (χ0n) is 16.6. The maximum atomic E-state index is 13.0. The number of hydrogen-bond acceptors (Lipinski definition) is 3. The molecule has 0 unspecified atom stereocenters. The summed E-state index contributed by atoms with van der Waals surface area (Å²) in [6.07, 6.45) is 7.18. The first-order chi connectivity index (χ1) is 14.3. The van der Waals surface area contributed by atoms with Gasteiger partial charge in [0.2, 0.25) is 0 Å². The van der Waals surface area contributed by atoms with E-state index in [4.69, 9.17) is 11.6 Å². The summed E-state index contributed by atoms with van der Waals surface area (Å²) in [5.41, 5.74) is 0.636. The lowest BCUT2D eigenvalue weighted by atomic mass is 9.53. The molecule has 0 saturated heterocycles. The third-order valence-electron chi connectivity index (χ3n) is 6.95. The Labute approximate surface area is 182 Å². The number of anilines is 1. The Morgan fingerprint density at radius 1 is 0.933 bits per heavy atom. The maximum Gasteiger partial charge on any atom is 0.261 e. The summed E-state index contributed by atoms with van der Waals surface area (Å²) in [6.45, 7) is 0. The van der Waals surface area contributed by atoms with Crippen LogP contribution >= 0.6 is 11.6 Å². The SMILES string of the molecule is O=C(NC12CC3CC(CC(C3)C1)C2)c1ccc(NS(=O)(=O)c2ccccc2)c(Cl)c1. The topological polar surface area (TPSA) is 75.3 Å². The zero-order valence-corrected chi connectivity index (χ0v) is 18.2. The molecule has 0 heterocycles. The smallest absolute Gasteiger partial charge is 0.261 e. The van der Waals surface area contributed by atoms with Crippen molar-refractivity contribution in [3.05, 3.63) is 59.1 Å². The summed E-state index contributed by atoms with van der Waals surface area (Å²) in [6, 6.07) is 12.8. The lowest BCUT2D eigenvalue weighted by molar-refractivity contribution is -0.0167. The van der Waals surface area contributed by atoms with E-state index in [1.807, 2.05) is 0 Å². The molecule has 4 aliphatic rings. The highest BCUT2D eigenvalue weighted by Crippen LogP contribution is 2.55. The van der Waals surface area contributed by atoms with E-state index in [-0.39, 0.29) is 27.1 Å². The molecule has 5 nitrogen and oxygen atoms in total. The molecule has 1 amide bonds. The lowest BCUT2D eigenvalue weighted by Crippen LogP contribution is -2.59. The minimum absolute atomic E-state index is 0.0775. The van der Waals surface area contributed by atoms with Gasteiger partial charge in [-0.15, -0.1) is 0 Å². The Morgan fingerprint density at radius 2 is 1.53 bits per heavy atom. The van der Waals surface area contributed by atoms with Crippen LogP contribution < -0.4 is 10.0 Å². The number of halogens is 1. The van der Waals surface area contributed by atoms with Gasteiger partial charge in [-0.3, -0.25) is 9.52 Å². The fraction of sp³-hybridized carbons (Fsp3) is 0.435.